The Labute approximate surface area is 147 Å². The van der Waals surface area contributed by atoms with Crippen LogP contribution in [0.15, 0.2) is 58.2 Å². The van der Waals surface area contributed by atoms with Crippen LogP contribution >= 0.6 is 11.8 Å². The van der Waals surface area contributed by atoms with E-state index in [0.29, 0.717) is 16.8 Å². The number of halogens is 1. The van der Waals surface area contributed by atoms with Gasteiger partial charge in [0.25, 0.3) is 5.22 Å². The molecule has 128 valence electrons. The molecule has 8 heteroatoms. The molecule has 0 aliphatic rings. The van der Waals surface area contributed by atoms with Gasteiger partial charge >= 0.3 is 0 Å². The molecule has 6 nitrogen and oxygen atoms in total. The van der Waals surface area contributed by atoms with E-state index in [0.717, 1.165) is 23.1 Å². The molecular formula is C17H14FN3O3S. The number of nitrogens with one attached hydrogen (secondary N) is 1. The number of nitrogens with zero attached hydrogens (tertiary/aromatic N) is 2. The number of aromatic nitrogens is 2. The van der Waals surface area contributed by atoms with Crippen molar-refractivity contribution in [1.82, 2.24) is 10.2 Å². The predicted octanol–water partition coefficient (Wildman–Crippen LogP) is 3.62. The summed E-state index contributed by atoms with van der Waals surface area (Å²) in [5.74, 6) is 0.589. The minimum atomic E-state index is -0.357. The third-order valence-electron chi connectivity index (χ3n) is 3.20. The highest BCUT2D eigenvalue weighted by Crippen LogP contribution is 2.25. The lowest BCUT2D eigenvalue weighted by Crippen LogP contribution is -2.13. The number of rotatable bonds is 6. The van der Waals surface area contributed by atoms with Crippen molar-refractivity contribution in [3.8, 4) is 17.2 Å². The number of thioether (sulfide) groups is 1. The van der Waals surface area contributed by atoms with Gasteiger partial charge in [-0.1, -0.05) is 11.8 Å². The zero-order valence-corrected chi connectivity index (χ0v) is 14.0. The van der Waals surface area contributed by atoms with Gasteiger partial charge in [0.05, 0.1) is 12.9 Å². The lowest BCUT2D eigenvalue weighted by atomic mass is 10.2. The van der Waals surface area contributed by atoms with Crippen molar-refractivity contribution >= 4 is 23.4 Å². The lowest BCUT2D eigenvalue weighted by molar-refractivity contribution is -0.113. The maximum atomic E-state index is 12.8. The fraction of sp³-hybridized carbons (Fsp3) is 0.118. The highest BCUT2D eigenvalue weighted by atomic mass is 32.2. The van der Waals surface area contributed by atoms with Gasteiger partial charge in [0.1, 0.15) is 11.6 Å². The van der Waals surface area contributed by atoms with E-state index in [2.05, 4.69) is 15.5 Å². The molecule has 0 unspecified atom stereocenters. The summed E-state index contributed by atoms with van der Waals surface area (Å²) in [7, 11) is 1.59. The summed E-state index contributed by atoms with van der Waals surface area (Å²) in [6.45, 7) is 0. The van der Waals surface area contributed by atoms with Crippen LogP contribution in [-0.4, -0.2) is 29.0 Å². The molecule has 1 N–H and O–H groups in total. The van der Waals surface area contributed by atoms with Gasteiger partial charge in [0.15, 0.2) is 0 Å². The van der Waals surface area contributed by atoms with Crippen LogP contribution in [0, 0.1) is 5.82 Å². The van der Waals surface area contributed by atoms with Gasteiger partial charge in [-0.25, -0.2) is 4.39 Å². The Morgan fingerprint density at radius 1 is 1.16 bits per heavy atom. The largest absolute Gasteiger partial charge is 0.497 e. The molecule has 0 fully saturated rings. The first-order valence-electron chi connectivity index (χ1n) is 7.30. The molecular weight excluding hydrogens is 345 g/mol. The van der Waals surface area contributed by atoms with E-state index < -0.39 is 0 Å². The topological polar surface area (TPSA) is 77.2 Å². The number of carbonyl (C=O) groups excluding carboxylic acids is 1. The second kappa shape index (κ2) is 7.80. The molecule has 2 aromatic carbocycles. The zero-order valence-electron chi connectivity index (χ0n) is 13.2. The van der Waals surface area contributed by atoms with E-state index >= 15 is 0 Å². The van der Waals surface area contributed by atoms with Crippen LogP contribution in [0.4, 0.5) is 10.1 Å². The highest BCUT2D eigenvalue weighted by Gasteiger charge is 2.11. The van der Waals surface area contributed by atoms with E-state index in [1.807, 2.05) is 12.1 Å². The second-order valence-electron chi connectivity index (χ2n) is 4.95. The minimum absolute atomic E-state index is 0.0988. The smallest absolute Gasteiger partial charge is 0.277 e. The third kappa shape index (κ3) is 4.57. The SMILES string of the molecule is COc1ccc(-c2nnc(SCC(=O)Nc3ccc(F)cc3)o2)cc1. The third-order valence-corrected chi connectivity index (χ3v) is 4.02. The van der Waals surface area contributed by atoms with Crippen LogP contribution in [0.3, 0.4) is 0 Å². The monoisotopic (exact) mass is 359 g/mol. The van der Waals surface area contributed by atoms with Crippen LogP contribution in [0.5, 0.6) is 5.75 Å². The van der Waals surface area contributed by atoms with Crippen molar-refractivity contribution in [3.63, 3.8) is 0 Å². The van der Waals surface area contributed by atoms with Gasteiger partial charge in [0, 0.05) is 11.3 Å². The van der Waals surface area contributed by atoms with E-state index in [4.69, 9.17) is 9.15 Å². The quantitative estimate of drug-likeness (QED) is 0.678. The first-order chi connectivity index (χ1) is 12.1. The summed E-state index contributed by atoms with van der Waals surface area (Å²) in [5.41, 5.74) is 1.28. The summed E-state index contributed by atoms with van der Waals surface area (Å²) in [6, 6.07) is 12.7. The Balaban J connectivity index is 1.55. The summed E-state index contributed by atoms with van der Waals surface area (Å²) >= 11 is 1.12. The Morgan fingerprint density at radius 3 is 2.56 bits per heavy atom. The van der Waals surface area contributed by atoms with Crippen LogP contribution < -0.4 is 10.1 Å². The second-order valence-corrected chi connectivity index (χ2v) is 5.87. The molecule has 1 heterocycles. The number of hydrogen-bond acceptors (Lipinski definition) is 6. The molecule has 1 amide bonds. The number of hydrogen-bond donors (Lipinski definition) is 1. The standard InChI is InChI=1S/C17H14FN3O3S/c1-23-14-8-2-11(3-9-14)16-20-21-17(24-16)25-10-15(22)19-13-6-4-12(18)5-7-13/h2-9H,10H2,1H3,(H,19,22). The Kier molecular flexibility index (Phi) is 5.30. The molecule has 1 aromatic heterocycles. The Bertz CT molecular complexity index is 850. The van der Waals surface area contributed by atoms with Crippen molar-refractivity contribution in [3.05, 3.63) is 54.3 Å². The fourth-order valence-electron chi connectivity index (χ4n) is 1.98. The highest BCUT2D eigenvalue weighted by molar-refractivity contribution is 7.99. The molecule has 0 saturated carbocycles. The number of anilines is 1. The molecule has 3 aromatic rings. The summed E-state index contributed by atoms with van der Waals surface area (Å²) in [4.78, 5) is 11.9. The zero-order chi connectivity index (χ0) is 17.6. The lowest BCUT2D eigenvalue weighted by Gasteiger charge is -2.03. The molecule has 0 radical (unpaired) electrons. The fourth-order valence-corrected chi connectivity index (χ4v) is 2.54. The van der Waals surface area contributed by atoms with Gasteiger partial charge in [-0.15, -0.1) is 10.2 Å². The van der Waals surface area contributed by atoms with E-state index in [-0.39, 0.29) is 17.5 Å². The molecule has 25 heavy (non-hydrogen) atoms. The number of benzene rings is 2. The van der Waals surface area contributed by atoms with Gasteiger partial charge in [-0.2, -0.15) is 0 Å². The summed E-state index contributed by atoms with van der Waals surface area (Å²) < 4.78 is 23.5. The van der Waals surface area contributed by atoms with Gasteiger partial charge < -0.3 is 14.5 Å². The van der Waals surface area contributed by atoms with E-state index in [1.165, 1.54) is 24.3 Å². The maximum absolute atomic E-state index is 12.8. The van der Waals surface area contributed by atoms with Crippen molar-refractivity contribution in [1.29, 1.82) is 0 Å². The normalized spacial score (nSPS) is 10.5. The predicted molar refractivity (Wildman–Crippen MR) is 92.0 cm³/mol. The molecule has 0 saturated heterocycles. The van der Waals surface area contributed by atoms with Crippen LogP contribution in [-0.2, 0) is 4.79 Å². The average molecular weight is 359 g/mol. The Hall–Kier alpha value is -2.87. The molecule has 3 rings (SSSR count). The number of amides is 1. The molecule has 0 bridgehead atoms. The van der Waals surface area contributed by atoms with Gasteiger partial charge in [0.2, 0.25) is 11.8 Å². The average Bonchev–Trinajstić information content (AvgIpc) is 3.11. The van der Waals surface area contributed by atoms with Gasteiger partial charge in [-0.3, -0.25) is 4.79 Å². The molecule has 0 atom stereocenters. The minimum Gasteiger partial charge on any atom is -0.497 e. The van der Waals surface area contributed by atoms with Crippen molar-refractivity contribution in [2.75, 3.05) is 18.2 Å². The number of carbonyl (C=O) groups is 1. The van der Waals surface area contributed by atoms with E-state index in [1.54, 1.807) is 19.2 Å². The number of methoxy groups -OCH3 is 1. The first kappa shape index (κ1) is 17.0. The van der Waals surface area contributed by atoms with Crippen molar-refractivity contribution in [2.24, 2.45) is 0 Å². The Morgan fingerprint density at radius 2 is 1.88 bits per heavy atom. The van der Waals surface area contributed by atoms with Crippen molar-refractivity contribution in [2.45, 2.75) is 5.22 Å². The molecule has 0 spiro atoms. The molecule has 0 aliphatic carbocycles. The summed E-state index contributed by atoms with van der Waals surface area (Å²) in [5, 5.41) is 10.8. The maximum Gasteiger partial charge on any atom is 0.277 e. The van der Waals surface area contributed by atoms with Crippen LogP contribution in [0.2, 0.25) is 0 Å². The van der Waals surface area contributed by atoms with E-state index in [9.17, 15) is 9.18 Å². The molecule has 0 aliphatic heterocycles. The number of ether oxygens (including phenoxy) is 1. The van der Waals surface area contributed by atoms with Gasteiger partial charge in [-0.05, 0) is 48.5 Å². The van der Waals surface area contributed by atoms with Crippen LogP contribution in [0.1, 0.15) is 0 Å². The van der Waals surface area contributed by atoms with Crippen LogP contribution in [0.25, 0.3) is 11.5 Å². The summed E-state index contributed by atoms with van der Waals surface area (Å²) in [6.07, 6.45) is 0. The first-order valence-corrected chi connectivity index (χ1v) is 8.29. The van der Waals surface area contributed by atoms with Crippen molar-refractivity contribution < 1.29 is 18.3 Å².